The van der Waals surface area contributed by atoms with Crippen LogP contribution in [-0.4, -0.2) is 4.83 Å². The Labute approximate surface area is 124 Å². The standard InChI is InChI=1S/C16H25BrS/c1-2-3-4-13-5-7-15(8-6-13)16(17)11-14-9-10-18-12-14/h9-10,12-13,15-16H,2-8,11H2,1H3. The van der Waals surface area contributed by atoms with Crippen molar-refractivity contribution in [2.24, 2.45) is 11.8 Å². The topological polar surface area (TPSA) is 0 Å². The fourth-order valence-electron chi connectivity index (χ4n) is 3.13. The maximum Gasteiger partial charge on any atom is 0.0214 e. The fraction of sp³-hybridized carbons (Fsp3) is 0.750. The molecule has 0 bridgehead atoms. The normalized spacial score (nSPS) is 26.1. The Morgan fingerprint density at radius 2 is 2.11 bits per heavy atom. The van der Waals surface area contributed by atoms with Gasteiger partial charge >= 0.3 is 0 Å². The molecule has 102 valence electrons. The number of unbranched alkanes of at least 4 members (excludes halogenated alkanes) is 1. The Bertz CT molecular complexity index is 312. The van der Waals surface area contributed by atoms with Crippen molar-refractivity contribution in [3.8, 4) is 0 Å². The summed E-state index contributed by atoms with van der Waals surface area (Å²) < 4.78 is 0. The Balaban J connectivity index is 1.72. The van der Waals surface area contributed by atoms with Gasteiger partial charge in [-0.1, -0.05) is 55.0 Å². The molecule has 18 heavy (non-hydrogen) atoms. The van der Waals surface area contributed by atoms with Crippen molar-refractivity contribution in [3.63, 3.8) is 0 Å². The molecule has 0 aromatic carbocycles. The lowest BCUT2D eigenvalue weighted by Gasteiger charge is -2.31. The molecule has 1 aliphatic carbocycles. The molecule has 1 saturated carbocycles. The molecule has 0 spiro atoms. The summed E-state index contributed by atoms with van der Waals surface area (Å²) in [4.78, 5) is 0.694. The predicted octanol–water partition coefficient (Wildman–Crippen LogP) is 6.05. The minimum atomic E-state index is 0.694. The molecule has 2 heteroatoms. The summed E-state index contributed by atoms with van der Waals surface area (Å²) >= 11 is 5.75. The van der Waals surface area contributed by atoms with Crippen molar-refractivity contribution in [1.29, 1.82) is 0 Å². The monoisotopic (exact) mass is 328 g/mol. The highest BCUT2D eigenvalue weighted by Crippen LogP contribution is 2.36. The Hall–Kier alpha value is 0.180. The molecule has 1 unspecified atom stereocenters. The van der Waals surface area contributed by atoms with E-state index in [1.54, 1.807) is 0 Å². The van der Waals surface area contributed by atoms with Crippen molar-refractivity contribution in [2.75, 3.05) is 0 Å². The zero-order chi connectivity index (χ0) is 12.8. The van der Waals surface area contributed by atoms with Gasteiger partial charge in [0.2, 0.25) is 0 Å². The molecule has 1 heterocycles. The molecule has 0 saturated heterocycles. The lowest BCUT2D eigenvalue weighted by atomic mass is 9.78. The Morgan fingerprint density at radius 1 is 1.33 bits per heavy atom. The van der Waals surface area contributed by atoms with Gasteiger partial charge in [0.15, 0.2) is 0 Å². The van der Waals surface area contributed by atoms with Crippen LogP contribution in [0.25, 0.3) is 0 Å². The number of rotatable bonds is 6. The first-order valence-electron chi connectivity index (χ1n) is 7.44. The molecule has 0 amide bonds. The van der Waals surface area contributed by atoms with E-state index >= 15 is 0 Å². The van der Waals surface area contributed by atoms with E-state index in [9.17, 15) is 0 Å². The molecule has 0 radical (unpaired) electrons. The second-order valence-corrected chi connectivity index (χ2v) is 7.73. The molecule has 0 nitrogen and oxygen atoms in total. The lowest BCUT2D eigenvalue weighted by molar-refractivity contribution is 0.256. The third kappa shape index (κ3) is 4.38. The van der Waals surface area contributed by atoms with Crippen LogP contribution in [0.4, 0.5) is 0 Å². The first-order chi connectivity index (χ1) is 8.79. The van der Waals surface area contributed by atoms with Gasteiger partial charge in [0.05, 0.1) is 0 Å². The molecule has 1 fully saturated rings. The summed E-state index contributed by atoms with van der Waals surface area (Å²) in [7, 11) is 0. The van der Waals surface area contributed by atoms with Crippen LogP contribution in [0.3, 0.4) is 0 Å². The third-order valence-corrected chi connectivity index (χ3v) is 6.18. The van der Waals surface area contributed by atoms with Gasteiger partial charge in [-0.15, -0.1) is 0 Å². The summed E-state index contributed by atoms with van der Waals surface area (Å²) in [5.41, 5.74) is 1.51. The van der Waals surface area contributed by atoms with Crippen molar-refractivity contribution in [2.45, 2.75) is 63.1 Å². The van der Waals surface area contributed by atoms with E-state index in [4.69, 9.17) is 0 Å². The Morgan fingerprint density at radius 3 is 2.72 bits per heavy atom. The maximum atomic E-state index is 3.94. The van der Waals surface area contributed by atoms with Crippen molar-refractivity contribution in [1.82, 2.24) is 0 Å². The van der Waals surface area contributed by atoms with Crippen LogP contribution in [0.5, 0.6) is 0 Å². The molecular formula is C16H25BrS. The summed E-state index contributed by atoms with van der Waals surface area (Å²) in [5.74, 6) is 1.94. The van der Waals surface area contributed by atoms with Crippen molar-refractivity contribution >= 4 is 27.3 Å². The zero-order valence-corrected chi connectivity index (χ0v) is 13.8. The molecular weight excluding hydrogens is 304 g/mol. The summed E-state index contributed by atoms with van der Waals surface area (Å²) in [6, 6.07) is 2.27. The van der Waals surface area contributed by atoms with Gasteiger partial charge in [-0.2, -0.15) is 11.3 Å². The van der Waals surface area contributed by atoms with Gasteiger partial charge in [0.25, 0.3) is 0 Å². The molecule has 1 aromatic heterocycles. The minimum absolute atomic E-state index is 0.694. The number of hydrogen-bond acceptors (Lipinski definition) is 1. The molecule has 1 aromatic rings. The van der Waals surface area contributed by atoms with Crippen LogP contribution in [0.1, 0.15) is 57.4 Å². The van der Waals surface area contributed by atoms with E-state index in [1.165, 1.54) is 56.9 Å². The molecule has 2 rings (SSSR count). The van der Waals surface area contributed by atoms with Crippen LogP contribution < -0.4 is 0 Å². The molecule has 0 aliphatic heterocycles. The van der Waals surface area contributed by atoms with Gasteiger partial charge in [-0.25, -0.2) is 0 Å². The maximum absolute atomic E-state index is 3.94. The molecule has 1 atom stereocenters. The first-order valence-corrected chi connectivity index (χ1v) is 9.30. The number of thiophene rings is 1. The second-order valence-electron chi connectivity index (χ2n) is 5.77. The van der Waals surface area contributed by atoms with E-state index in [-0.39, 0.29) is 0 Å². The van der Waals surface area contributed by atoms with Crippen LogP contribution >= 0.6 is 27.3 Å². The predicted molar refractivity (Wildman–Crippen MR) is 85.7 cm³/mol. The van der Waals surface area contributed by atoms with E-state index in [1.807, 2.05) is 11.3 Å². The zero-order valence-electron chi connectivity index (χ0n) is 11.4. The quantitative estimate of drug-likeness (QED) is 0.557. The highest BCUT2D eigenvalue weighted by Gasteiger charge is 2.25. The van der Waals surface area contributed by atoms with Gasteiger partial charge < -0.3 is 0 Å². The SMILES string of the molecule is CCCCC1CCC(C(Br)Cc2ccsc2)CC1. The molecule has 0 N–H and O–H groups in total. The van der Waals surface area contributed by atoms with E-state index in [0.717, 1.165) is 11.8 Å². The van der Waals surface area contributed by atoms with E-state index < -0.39 is 0 Å². The van der Waals surface area contributed by atoms with Crippen LogP contribution in [0, 0.1) is 11.8 Å². The summed E-state index contributed by atoms with van der Waals surface area (Å²) in [6.07, 6.45) is 11.3. The van der Waals surface area contributed by atoms with Crippen LogP contribution in [0.2, 0.25) is 0 Å². The second kappa shape index (κ2) is 7.69. The van der Waals surface area contributed by atoms with Crippen LogP contribution in [-0.2, 0) is 6.42 Å². The fourth-order valence-corrected chi connectivity index (χ4v) is 4.72. The average molecular weight is 329 g/mol. The molecule has 1 aliphatic rings. The summed E-state index contributed by atoms with van der Waals surface area (Å²) in [6.45, 7) is 2.31. The highest BCUT2D eigenvalue weighted by molar-refractivity contribution is 9.09. The largest absolute Gasteiger partial charge is 0.152 e. The highest BCUT2D eigenvalue weighted by atomic mass is 79.9. The summed E-state index contributed by atoms with van der Waals surface area (Å²) in [5, 5.41) is 4.48. The lowest BCUT2D eigenvalue weighted by Crippen LogP contribution is -2.23. The van der Waals surface area contributed by atoms with Gasteiger partial charge in [0, 0.05) is 4.83 Å². The van der Waals surface area contributed by atoms with E-state index in [0.29, 0.717) is 4.83 Å². The van der Waals surface area contributed by atoms with Crippen molar-refractivity contribution in [3.05, 3.63) is 22.4 Å². The first kappa shape index (κ1) is 14.6. The number of alkyl halides is 1. The number of halogens is 1. The minimum Gasteiger partial charge on any atom is -0.152 e. The third-order valence-electron chi connectivity index (χ3n) is 4.38. The Kier molecular flexibility index (Phi) is 6.23. The van der Waals surface area contributed by atoms with Gasteiger partial charge in [-0.3, -0.25) is 0 Å². The smallest absolute Gasteiger partial charge is 0.0214 e. The van der Waals surface area contributed by atoms with Crippen molar-refractivity contribution < 1.29 is 0 Å². The van der Waals surface area contributed by atoms with Gasteiger partial charge in [-0.05, 0) is 53.5 Å². The average Bonchev–Trinajstić information content (AvgIpc) is 2.89. The van der Waals surface area contributed by atoms with E-state index in [2.05, 4.69) is 39.7 Å². The van der Waals surface area contributed by atoms with Crippen LogP contribution in [0.15, 0.2) is 16.8 Å². The van der Waals surface area contributed by atoms with Gasteiger partial charge in [0.1, 0.15) is 0 Å². The number of hydrogen-bond donors (Lipinski definition) is 0.